The highest BCUT2D eigenvalue weighted by atomic mass is 16.1. The molecule has 1 amide bonds. The normalized spacial score (nSPS) is 13.1. The highest BCUT2D eigenvalue weighted by Gasteiger charge is 2.40. The summed E-state index contributed by atoms with van der Waals surface area (Å²) in [7, 11) is 0. The molecule has 0 atom stereocenters. The second-order valence-electron chi connectivity index (χ2n) is 9.40. The molecule has 0 unspecified atom stereocenters. The van der Waals surface area contributed by atoms with Crippen molar-refractivity contribution in [2.45, 2.75) is 38.3 Å². The molecule has 0 radical (unpaired) electrons. The molecule has 4 nitrogen and oxygen atoms in total. The third-order valence-electron chi connectivity index (χ3n) is 7.24. The number of benzene rings is 3. The number of rotatable bonds is 10. The van der Waals surface area contributed by atoms with Gasteiger partial charge in [-0.15, -0.1) is 0 Å². The van der Waals surface area contributed by atoms with Crippen molar-refractivity contribution in [2.75, 3.05) is 0 Å². The van der Waals surface area contributed by atoms with Crippen molar-refractivity contribution in [1.82, 2.24) is 4.57 Å². The molecule has 0 fully saturated rings. The number of allylic oxidation sites excluding steroid dienone is 3. The van der Waals surface area contributed by atoms with E-state index in [1.54, 1.807) is 0 Å². The SMILES string of the molecule is Cc1n(CCC(C(N)=O)(c2ccccc2)c2ccccc2)cc[n+]1C/C=C/c1ccc(C2=CC2)cc1. The molecule has 0 spiro atoms. The first-order valence-electron chi connectivity index (χ1n) is 12.5. The van der Waals surface area contributed by atoms with E-state index in [-0.39, 0.29) is 5.91 Å². The maximum absolute atomic E-state index is 13.1. The van der Waals surface area contributed by atoms with Crippen molar-refractivity contribution in [1.29, 1.82) is 0 Å². The summed E-state index contributed by atoms with van der Waals surface area (Å²) < 4.78 is 4.42. The Kier molecular flexibility index (Phi) is 6.68. The van der Waals surface area contributed by atoms with E-state index < -0.39 is 5.41 Å². The second-order valence-corrected chi connectivity index (χ2v) is 9.40. The van der Waals surface area contributed by atoms with Crippen molar-refractivity contribution in [2.24, 2.45) is 5.73 Å². The minimum absolute atomic E-state index is 0.329. The van der Waals surface area contributed by atoms with Gasteiger partial charge in [-0.25, -0.2) is 9.13 Å². The third-order valence-corrected chi connectivity index (χ3v) is 7.24. The van der Waals surface area contributed by atoms with Gasteiger partial charge in [0.1, 0.15) is 24.4 Å². The number of nitrogens with zero attached hydrogens (tertiary/aromatic N) is 2. The lowest BCUT2D eigenvalue weighted by atomic mass is 9.71. The molecule has 1 heterocycles. The summed E-state index contributed by atoms with van der Waals surface area (Å²) in [6, 6.07) is 28.5. The molecule has 0 bridgehead atoms. The molecule has 1 aliphatic carbocycles. The first kappa shape index (κ1) is 23.6. The lowest BCUT2D eigenvalue weighted by Crippen LogP contribution is -2.43. The lowest BCUT2D eigenvalue weighted by Gasteiger charge is -2.31. The van der Waals surface area contributed by atoms with Gasteiger partial charge in [-0.2, -0.15) is 0 Å². The van der Waals surface area contributed by atoms with Gasteiger partial charge in [-0.1, -0.05) is 97.1 Å². The standard InChI is InChI=1S/C32H31N3O/c1-25-34(21-8-9-26-14-16-27(17-15-26)28-18-19-28)23-24-35(25)22-20-32(31(33)36,29-10-4-2-5-11-29)30-12-6-3-7-13-30/h2-18,23-24H,19-22H2,1H3,(H-,33,36)/p+1/b9-8+. The van der Waals surface area contributed by atoms with Crippen LogP contribution in [0.15, 0.2) is 109 Å². The number of primary amides is 1. The minimum Gasteiger partial charge on any atom is -0.369 e. The number of aromatic nitrogens is 2. The topological polar surface area (TPSA) is 51.9 Å². The van der Waals surface area contributed by atoms with Crippen molar-refractivity contribution < 1.29 is 9.36 Å². The van der Waals surface area contributed by atoms with Gasteiger partial charge in [0, 0.05) is 13.3 Å². The van der Waals surface area contributed by atoms with Crippen LogP contribution in [0.3, 0.4) is 0 Å². The Morgan fingerprint density at radius 3 is 2.14 bits per heavy atom. The van der Waals surface area contributed by atoms with Gasteiger partial charge < -0.3 is 5.73 Å². The van der Waals surface area contributed by atoms with Crippen LogP contribution in [0.1, 0.15) is 40.9 Å². The van der Waals surface area contributed by atoms with Crippen LogP contribution in [-0.4, -0.2) is 10.5 Å². The number of imidazole rings is 1. The van der Waals surface area contributed by atoms with Crippen LogP contribution in [-0.2, 0) is 23.3 Å². The molecule has 0 aliphatic heterocycles. The number of amides is 1. The number of nitrogens with two attached hydrogens (primary N) is 1. The number of hydrogen-bond acceptors (Lipinski definition) is 1. The fourth-order valence-electron chi connectivity index (χ4n) is 4.96. The van der Waals surface area contributed by atoms with E-state index in [4.69, 9.17) is 5.73 Å². The van der Waals surface area contributed by atoms with Gasteiger partial charge >= 0.3 is 0 Å². The summed E-state index contributed by atoms with van der Waals surface area (Å²) in [4.78, 5) is 13.1. The summed E-state index contributed by atoms with van der Waals surface area (Å²) in [5, 5.41) is 0. The predicted octanol–water partition coefficient (Wildman–Crippen LogP) is 5.45. The Balaban J connectivity index is 1.33. The summed E-state index contributed by atoms with van der Waals surface area (Å²) in [6.07, 6.45) is 12.5. The fourth-order valence-corrected chi connectivity index (χ4v) is 4.96. The highest BCUT2D eigenvalue weighted by molar-refractivity contribution is 5.90. The summed E-state index contributed by atoms with van der Waals surface area (Å²) in [6.45, 7) is 3.57. The summed E-state index contributed by atoms with van der Waals surface area (Å²) in [5.74, 6) is 0.805. The number of carbonyl (C=O) groups excluding carboxylic acids is 1. The number of aryl methyl sites for hydroxylation is 1. The first-order chi connectivity index (χ1) is 17.6. The zero-order valence-electron chi connectivity index (χ0n) is 20.7. The average molecular weight is 475 g/mol. The Hall–Kier alpha value is -4.18. The van der Waals surface area contributed by atoms with E-state index in [9.17, 15) is 4.79 Å². The van der Waals surface area contributed by atoms with Crippen LogP contribution < -0.4 is 10.3 Å². The molecule has 180 valence electrons. The molecular weight excluding hydrogens is 442 g/mol. The molecule has 36 heavy (non-hydrogen) atoms. The van der Waals surface area contributed by atoms with E-state index in [0.717, 1.165) is 29.9 Å². The molecule has 2 N–H and O–H groups in total. The maximum atomic E-state index is 13.1. The fraction of sp³-hybridized carbons (Fsp3) is 0.188. The smallest absolute Gasteiger partial charge is 0.253 e. The van der Waals surface area contributed by atoms with E-state index in [1.807, 2.05) is 60.7 Å². The van der Waals surface area contributed by atoms with Crippen molar-refractivity contribution in [3.63, 3.8) is 0 Å². The lowest BCUT2D eigenvalue weighted by molar-refractivity contribution is -0.692. The maximum Gasteiger partial charge on any atom is 0.253 e. The predicted molar refractivity (Wildman–Crippen MR) is 145 cm³/mol. The van der Waals surface area contributed by atoms with Gasteiger partial charge in [-0.3, -0.25) is 4.79 Å². The molecule has 5 rings (SSSR count). The van der Waals surface area contributed by atoms with Crippen molar-refractivity contribution >= 4 is 17.6 Å². The van der Waals surface area contributed by atoms with E-state index in [0.29, 0.717) is 13.0 Å². The molecule has 1 aliphatic rings. The van der Waals surface area contributed by atoms with Gasteiger partial charge in [0.25, 0.3) is 5.82 Å². The second kappa shape index (κ2) is 10.2. The van der Waals surface area contributed by atoms with Crippen LogP contribution in [0.2, 0.25) is 0 Å². The Bertz CT molecular complexity index is 1360. The monoisotopic (exact) mass is 474 g/mol. The van der Waals surface area contributed by atoms with E-state index in [2.05, 4.69) is 70.9 Å². The average Bonchev–Trinajstić information content (AvgIpc) is 3.71. The Labute approximate surface area is 213 Å². The Morgan fingerprint density at radius 2 is 1.58 bits per heavy atom. The van der Waals surface area contributed by atoms with E-state index >= 15 is 0 Å². The quantitative estimate of drug-likeness (QED) is 0.306. The van der Waals surface area contributed by atoms with Crippen molar-refractivity contribution in [3.8, 4) is 0 Å². The number of hydrogen-bond donors (Lipinski definition) is 1. The summed E-state index contributed by atoms with van der Waals surface area (Å²) in [5.41, 5.74) is 11.1. The largest absolute Gasteiger partial charge is 0.369 e. The molecule has 0 saturated carbocycles. The molecule has 4 aromatic rings. The van der Waals surface area contributed by atoms with Crippen LogP contribution in [0.5, 0.6) is 0 Å². The zero-order valence-corrected chi connectivity index (χ0v) is 20.7. The molecule has 3 aromatic carbocycles. The molecule has 0 saturated heterocycles. The van der Waals surface area contributed by atoms with Crippen LogP contribution in [0, 0.1) is 6.92 Å². The van der Waals surface area contributed by atoms with Gasteiger partial charge in [0.05, 0.1) is 6.54 Å². The van der Waals surface area contributed by atoms with Crippen LogP contribution in [0.25, 0.3) is 11.6 Å². The van der Waals surface area contributed by atoms with Gasteiger partial charge in [-0.05, 0) is 40.3 Å². The Morgan fingerprint density at radius 1 is 0.972 bits per heavy atom. The molecular formula is C32H32N3O+. The highest BCUT2D eigenvalue weighted by Crippen LogP contribution is 2.36. The summed E-state index contributed by atoms with van der Waals surface area (Å²) >= 11 is 0. The van der Waals surface area contributed by atoms with Crippen LogP contribution >= 0.6 is 0 Å². The van der Waals surface area contributed by atoms with Gasteiger partial charge in [0.2, 0.25) is 5.91 Å². The van der Waals surface area contributed by atoms with Crippen molar-refractivity contribution in [3.05, 3.63) is 138 Å². The third kappa shape index (κ3) is 4.80. The van der Waals surface area contributed by atoms with Crippen LogP contribution in [0.4, 0.5) is 0 Å². The van der Waals surface area contributed by atoms with Gasteiger partial charge in [0.15, 0.2) is 0 Å². The minimum atomic E-state index is -0.896. The first-order valence-corrected chi connectivity index (χ1v) is 12.5. The molecule has 1 aromatic heterocycles. The molecule has 4 heteroatoms. The van der Waals surface area contributed by atoms with E-state index in [1.165, 1.54) is 16.7 Å². The number of carbonyl (C=O) groups is 1. The zero-order chi connectivity index (χ0) is 25.0.